The number of hydrogen-bond acceptors (Lipinski definition) is 5. The molecule has 3 aromatic rings. The van der Waals surface area contributed by atoms with Gasteiger partial charge >= 0.3 is 0 Å². The van der Waals surface area contributed by atoms with Gasteiger partial charge in [0.15, 0.2) is 11.5 Å². The normalized spacial score (nSPS) is 10.7. The Morgan fingerprint density at radius 2 is 1.41 bits per heavy atom. The van der Waals surface area contributed by atoms with E-state index in [0.29, 0.717) is 36.2 Å². The summed E-state index contributed by atoms with van der Waals surface area (Å²) in [7, 11) is 6.54. The van der Waals surface area contributed by atoms with E-state index in [2.05, 4.69) is 0 Å². The largest absolute Gasteiger partial charge is 0.496 e. The van der Waals surface area contributed by atoms with Crippen molar-refractivity contribution in [2.24, 2.45) is 0 Å². The van der Waals surface area contributed by atoms with Crippen molar-refractivity contribution in [3.63, 3.8) is 0 Å². The number of rotatable bonds is 8. The summed E-state index contributed by atoms with van der Waals surface area (Å²) in [4.78, 5) is 0. The summed E-state index contributed by atoms with van der Waals surface area (Å²) < 4.78 is 28.2. The maximum absolute atomic E-state index is 6.14. The first-order chi connectivity index (χ1) is 13.2. The molecule has 27 heavy (non-hydrogen) atoms. The number of ether oxygens (including phenoxy) is 5. The molecule has 0 radical (unpaired) electrons. The molecule has 0 aliphatic heterocycles. The molecule has 0 saturated carbocycles. The van der Waals surface area contributed by atoms with Gasteiger partial charge in [0.25, 0.3) is 0 Å². The molecule has 0 heterocycles. The Bertz CT molecular complexity index is 906. The third-order valence-corrected chi connectivity index (χ3v) is 4.33. The van der Waals surface area contributed by atoms with Crippen LogP contribution < -0.4 is 18.9 Å². The van der Waals surface area contributed by atoms with Crippen molar-refractivity contribution in [2.45, 2.75) is 13.2 Å². The Balaban J connectivity index is 2.16. The number of fused-ring (bicyclic) bond motifs is 1. The van der Waals surface area contributed by atoms with Crippen molar-refractivity contribution >= 4 is 10.8 Å². The minimum atomic E-state index is 0.439. The second-order valence-corrected chi connectivity index (χ2v) is 6.04. The van der Waals surface area contributed by atoms with Crippen LogP contribution in [0.4, 0.5) is 0 Å². The van der Waals surface area contributed by atoms with Gasteiger partial charge in [0.05, 0.1) is 33.3 Å². The van der Waals surface area contributed by atoms with E-state index in [1.165, 1.54) is 0 Å². The van der Waals surface area contributed by atoms with E-state index >= 15 is 0 Å². The molecule has 0 aliphatic carbocycles. The van der Waals surface area contributed by atoms with Gasteiger partial charge in [-0.2, -0.15) is 0 Å². The summed E-state index contributed by atoms with van der Waals surface area (Å²) >= 11 is 0. The zero-order valence-corrected chi connectivity index (χ0v) is 16.1. The summed E-state index contributed by atoms with van der Waals surface area (Å²) in [6, 6.07) is 15.8. The molecule has 0 atom stereocenters. The van der Waals surface area contributed by atoms with Crippen molar-refractivity contribution in [3.05, 3.63) is 59.7 Å². The molecular formula is C22H24O5. The molecule has 142 valence electrons. The van der Waals surface area contributed by atoms with Crippen LogP contribution in [0.1, 0.15) is 11.1 Å². The first-order valence-corrected chi connectivity index (χ1v) is 8.63. The van der Waals surface area contributed by atoms with E-state index in [0.717, 1.165) is 21.9 Å². The van der Waals surface area contributed by atoms with Crippen LogP contribution in [0.15, 0.2) is 48.5 Å². The second-order valence-electron chi connectivity index (χ2n) is 6.04. The smallest absolute Gasteiger partial charge is 0.168 e. The van der Waals surface area contributed by atoms with Crippen LogP contribution in [0.3, 0.4) is 0 Å². The van der Waals surface area contributed by atoms with Crippen LogP contribution in [-0.2, 0) is 18.0 Å². The van der Waals surface area contributed by atoms with Gasteiger partial charge in [-0.3, -0.25) is 0 Å². The molecule has 0 aliphatic rings. The molecule has 5 nitrogen and oxygen atoms in total. The van der Waals surface area contributed by atoms with Crippen molar-refractivity contribution in [1.29, 1.82) is 0 Å². The number of methoxy groups -OCH3 is 4. The number of hydrogen-bond donors (Lipinski definition) is 0. The van der Waals surface area contributed by atoms with Gasteiger partial charge in [0.1, 0.15) is 18.1 Å². The molecule has 3 rings (SSSR count). The SMILES string of the molecule is COCc1cc(OC)c2c(OCc3ccccc3)cc(OC)c(OC)c2c1. The first kappa shape index (κ1) is 18.9. The second kappa shape index (κ2) is 8.64. The van der Waals surface area contributed by atoms with E-state index in [9.17, 15) is 0 Å². The average Bonchev–Trinajstić information content (AvgIpc) is 2.71. The van der Waals surface area contributed by atoms with Crippen LogP contribution in [0.5, 0.6) is 23.0 Å². The van der Waals surface area contributed by atoms with Crippen LogP contribution in [0, 0.1) is 0 Å². The van der Waals surface area contributed by atoms with Gasteiger partial charge < -0.3 is 23.7 Å². The van der Waals surface area contributed by atoms with E-state index in [1.54, 1.807) is 28.4 Å². The zero-order valence-electron chi connectivity index (χ0n) is 16.1. The van der Waals surface area contributed by atoms with Gasteiger partial charge in [-0.15, -0.1) is 0 Å². The van der Waals surface area contributed by atoms with Crippen LogP contribution in [-0.4, -0.2) is 28.4 Å². The van der Waals surface area contributed by atoms with Crippen LogP contribution >= 0.6 is 0 Å². The monoisotopic (exact) mass is 368 g/mol. The fourth-order valence-corrected chi connectivity index (χ4v) is 3.12. The summed E-state index contributed by atoms with van der Waals surface area (Å²) in [5, 5.41) is 1.69. The molecule has 0 aromatic heterocycles. The molecule has 0 bridgehead atoms. The molecule has 5 heteroatoms. The van der Waals surface area contributed by atoms with Crippen molar-refractivity contribution in [1.82, 2.24) is 0 Å². The Morgan fingerprint density at radius 3 is 2.04 bits per heavy atom. The van der Waals surface area contributed by atoms with Crippen molar-refractivity contribution in [2.75, 3.05) is 28.4 Å². The standard InChI is InChI=1S/C22H24O5/c1-23-13-16-10-17-21(18(11-16)24-2)19(12-20(25-3)22(17)26-4)27-14-15-8-6-5-7-9-15/h5-12H,13-14H2,1-4H3. The molecule has 0 saturated heterocycles. The quantitative estimate of drug-likeness (QED) is 0.582. The third kappa shape index (κ3) is 3.93. The van der Waals surface area contributed by atoms with E-state index in [4.69, 9.17) is 23.7 Å². The predicted molar refractivity (Wildman–Crippen MR) is 105 cm³/mol. The fourth-order valence-electron chi connectivity index (χ4n) is 3.12. The lowest BCUT2D eigenvalue weighted by atomic mass is 10.0. The lowest BCUT2D eigenvalue weighted by molar-refractivity contribution is 0.184. The molecular weight excluding hydrogens is 344 g/mol. The third-order valence-electron chi connectivity index (χ3n) is 4.33. The average molecular weight is 368 g/mol. The highest BCUT2D eigenvalue weighted by molar-refractivity contribution is 6.00. The maximum Gasteiger partial charge on any atom is 0.168 e. The predicted octanol–water partition coefficient (Wildman–Crippen LogP) is 4.59. The molecule has 0 spiro atoms. The highest BCUT2D eigenvalue weighted by Gasteiger charge is 2.19. The topological polar surface area (TPSA) is 46.2 Å². The van der Waals surface area contributed by atoms with Gasteiger partial charge in [-0.05, 0) is 23.3 Å². The van der Waals surface area contributed by atoms with Crippen LogP contribution in [0.2, 0.25) is 0 Å². The first-order valence-electron chi connectivity index (χ1n) is 8.63. The Morgan fingerprint density at radius 1 is 0.667 bits per heavy atom. The van der Waals surface area contributed by atoms with E-state index < -0.39 is 0 Å². The lowest BCUT2D eigenvalue weighted by Crippen LogP contribution is -2.01. The van der Waals surface area contributed by atoms with Gasteiger partial charge in [-0.1, -0.05) is 30.3 Å². The highest BCUT2D eigenvalue weighted by atomic mass is 16.5. The summed E-state index contributed by atoms with van der Waals surface area (Å²) in [6.45, 7) is 0.904. The molecule has 3 aromatic carbocycles. The van der Waals surface area contributed by atoms with Crippen LogP contribution in [0.25, 0.3) is 10.8 Å². The molecule has 0 amide bonds. The minimum absolute atomic E-state index is 0.439. The summed E-state index contributed by atoms with van der Waals surface area (Å²) in [5.41, 5.74) is 2.05. The van der Waals surface area contributed by atoms with E-state index in [-0.39, 0.29) is 0 Å². The van der Waals surface area contributed by atoms with Gasteiger partial charge in [0, 0.05) is 18.6 Å². The summed E-state index contributed by atoms with van der Waals surface area (Å²) in [5.74, 6) is 2.61. The van der Waals surface area contributed by atoms with Crippen molar-refractivity contribution < 1.29 is 23.7 Å². The molecule has 0 fully saturated rings. The number of benzene rings is 3. The highest BCUT2D eigenvalue weighted by Crippen LogP contribution is 2.46. The van der Waals surface area contributed by atoms with Gasteiger partial charge in [0.2, 0.25) is 0 Å². The zero-order chi connectivity index (χ0) is 19.2. The Hall–Kier alpha value is -2.92. The van der Waals surface area contributed by atoms with Gasteiger partial charge in [-0.25, -0.2) is 0 Å². The Labute approximate surface area is 159 Å². The molecule has 0 unspecified atom stereocenters. The van der Waals surface area contributed by atoms with E-state index in [1.807, 2.05) is 48.5 Å². The maximum atomic E-state index is 6.14. The Kier molecular flexibility index (Phi) is 6.04. The minimum Gasteiger partial charge on any atom is -0.496 e. The summed E-state index contributed by atoms with van der Waals surface area (Å²) in [6.07, 6.45) is 0. The lowest BCUT2D eigenvalue weighted by Gasteiger charge is -2.18. The fraction of sp³-hybridized carbons (Fsp3) is 0.273. The van der Waals surface area contributed by atoms with Crippen molar-refractivity contribution in [3.8, 4) is 23.0 Å². The molecule has 0 N–H and O–H groups in total.